The van der Waals surface area contributed by atoms with Crippen LogP contribution in [0.2, 0.25) is 0 Å². The fraction of sp³-hybridized carbons (Fsp3) is 0.500. The number of anilines is 1. The molecule has 1 saturated heterocycles. The first-order valence-electron chi connectivity index (χ1n) is 5.76. The van der Waals surface area contributed by atoms with Crippen LogP contribution in [0.3, 0.4) is 0 Å². The molecular formula is C12H18N4O. The maximum Gasteiger partial charge on any atom is 0.267 e. The molecule has 5 nitrogen and oxygen atoms in total. The number of aromatic nitrogens is 1. The third kappa shape index (κ3) is 2.55. The minimum Gasteiger partial charge on any atom is -0.364 e. The zero-order valence-corrected chi connectivity index (χ0v) is 10.3. The van der Waals surface area contributed by atoms with E-state index >= 15 is 0 Å². The molecule has 0 aromatic carbocycles. The zero-order valence-electron chi connectivity index (χ0n) is 10.3. The standard InChI is InChI=1S/C12H18N4O/c1-15(2)9-6-7-16(8-9)11-5-3-4-10(14-11)12(13)17/h3-5,9H,6-8H2,1-2H3,(H2,13,17). The maximum atomic E-state index is 11.1. The predicted molar refractivity (Wildman–Crippen MR) is 67.1 cm³/mol. The number of hydrogen-bond acceptors (Lipinski definition) is 4. The van der Waals surface area contributed by atoms with Crippen LogP contribution in [-0.2, 0) is 0 Å². The number of likely N-dealkylation sites (N-methyl/N-ethyl adjacent to an activating group) is 1. The van der Waals surface area contributed by atoms with Crippen LogP contribution in [0.25, 0.3) is 0 Å². The summed E-state index contributed by atoms with van der Waals surface area (Å²) in [6.45, 7) is 1.92. The molecular weight excluding hydrogens is 216 g/mol. The molecule has 2 rings (SSSR count). The van der Waals surface area contributed by atoms with E-state index in [0.29, 0.717) is 11.7 Å². The molecule has 1 aliphatic rings. The lowest BCUT2D eigenvalue weighted by molar-refractivity contribution is 0.0995. The topological polar surface area (TPSA) is 62.5 Å². The Morgan fingerprint density at radius 2 is 2.29 bits per heavy atom. The molecule has 0 saturated carbocycles. The number of hydrogen-bond donors (Lipinski definition) is 1. The van der Waals surface area contributed by atoms with Crippen molar-refractivity contribution in [2.24, 2.45) is 5.73 Å². The highest BCUT2D eigenvalue weighted by Crippen LogP contribution is 2.20. The first kappa shape index (κ1) is 11.9. The molecule has 5 heteroatoms. The smallest absolute Gasteiger partial charge is 0.267 e. The summed E-state index contributed by atoms with van der Waals surface area (Å²) in [5, 5.41) is 0. The van der Waals surface area contributed by atoms with Gasteiger partial charge < -0.3 is 15.5 Å². The Hall–Kier alpha value is -1.62. The first-order chi connectivity index (χ1) is 8.08. The molecule has 1 unspecified atom stereocenters. The molecule has 0 spiro atoms. The summed E-state index contributed by atoms with van der Waals surface area (Å²) in [5.74, 6) is 0.362. The molecule has 1 amide bonds. The Kier molecular flexibility index (Phi) is 3.28. The van der Waals surface area contributed by atoms with Gasteiger partial charge in [0.05, 0.1) is 0 Å². The largest absolute Gasteiger partial charge is 0.364 e. The number of rotatable bonds is 3. The summed E-state index contributed by atoms with van der Waals surface area (Å²) in [7, 11) is 4.17. The Bertz CT molecular complexity index is 419. The highest BCUT2D eigenvalue weighted by molar-refractivity contribution is 5.91. The average molecular weight is 234 g/mol. The van der Waals surface area contributed by atoms with Gasteiger partial charge in [-0.05, 0) is 32.6 Å². The monoisotopic (exact) mass is 234 g/mol. The van der Waals surface area contributed by atoms with Gasteiger partial charge in [-0.25, -0.2) is 4.98 Å². The van der Waals surface area contributed by atoms with Crippen molar-refractivity contribution >= 4 is 11.7 Å². The average Bonchev–Trinajstić information content (AvgIpc) is 2.78. The van der Waals surface area contributed by atoms with E-state index in [4.69, 9.17) is 5.73 Å². The summed E-state index contributed by atoms with van der Waals surface area (Å²) in [6, 6.07) is 5.94. The van der Waals surface area contributed by atoms with Crippen LogP contribution in [-0.4, -0.2) is 49.0 Å². The number of pyridine rings is 1. The minimum atomic E-state index is -0.477. The van der Waals surface area contributed by atoms with E-state index in [0.717, 1.165) is 25.3 Å². The van der Waals surface area contributed by atoms with E-state index in [2.05, 4.69) is 28.9 Å². The maximum absolute atomic E-state index is 11.1. The van der Waals surface area contributed by atoms with E-state index in [-0.39, 0.29) is 0 Å². The number of nitrogens with two attached hydrogens (primary N) is 1. The van der Waals surface area contributed by atoms with Gasteiger partial charge in [0.1, 0.15) is 11.5 Å². The second-order valence-electron chi connectivity index (χ2n) is 4.60. The van der Waals surface area contributed by atoms with Crippen molar-refractivity contribution in [3.63, 3.8) is 0 Å². The lowest BCUT2D eigenvalue weighted by atomic mass is 10.2. The van der Waals surface area contributed by atoms with Gasteiger partial charge in [-0.3, -0.25) is 4.79 Å². The zero-order chi connectivity index (χ0) is 12.4. The van der Waals surface area contributed by atoms with E-state index < -0.39 is 5.91 Å². The normalized spacial score (nSPS) is 19.9. The second-order valence-corrected chi connectivity index (χ2v) is 4.60. The molecule has 2 N–H and O–H groups in total. The number of nitrogens with zero attached hydrogens (tertiary/aromatic N) is 3. The van der Waals surface area contributed by atoms with Crippen molar-refractivity contribution in [1.82, 2.24) is 9.88 Å². The number of primary amides is 1. The molecule has 17 heavy (non-hydrogen) atoms. The quantitative estimate of drug-likeness (QED) is 0.818. The van der Waals surface area contributed by atoms with Crippen molar-refractivity contribution in [2.75, 3.05) is 32.1 Å². The molecule has 0 radical (unpaired) electrons. The summed E-state index contributed by atoms with van der Waals surface area (Å²) >= 11 is 0. The van der Waals surface area contributed by atoms with Crippen LogP contribution in [0, 0.1) is 0 Å². The molecule has 1 atom stereocenters. The van der Waals surface area contributed by atoms with Crippen molar-refractivity contribution < 1.29 is 4.79 Å². The number of amides is 1. The lowest BCUT2D eigenvalue weighted by Crippen LogP contribution is -2.31. The van der Waals surface area contributed by atoms with E-state index in [1.807, 2.05) is 12.1 Å². The molecule has 92 valence electrons. The summed E-state index contributed by atoms with van der Waals surface area (Å²) < 4.78 is 0. The molecule has 1 aliphatic heterocycles. The van der Waals surface area contributed by atoms with Crippen molar-refractivity contribution in [3.8, 4) is 0 Å². The highest BCUT2D eigenvalue weighted by atomic mass is 16.1. The van der Waals surface area contributed by atoms with Crippen LogP contribution in [0.1, 0.15) is 16.9 Å². The van der Waals surface area contributed by atoms with Gasteiger partial charge in [0.15, 0.2) is 0 Å². The Balaban J connectivity index is 2.13. The lowest BCUT2D eigenvalue weighted by Gasteiger charge is -2.21. The van der Waals surface area contributed by atoms with Gasteiger partial charge in [-0.2, -0.15) is 0 Å². The van der Waals surface area contributed by atoms with Gasteiger partial charge in [-0.1, -0.05) is 6.07 Å². The van der Waals surface area contributed by atoms with Crippen molar-refractivity contribution in [2.45, 2.75) is 12.5 Å². The van der Waals surface area contributed by atoms with E-state index in [9.17, 15) is 4.79 Å². The fourth-order valence-electron chi connectivity index (χ4n) is 2.11. The first-order valence-corrected chi connectivity index (χ1v) is 5.76. The van der Waals surface area contributed by atoms with E-state index in [1.54, 1.807) is 6.07 Å². The molecule has 1 aromatic heterocycles. The molecule has 2 heterocycles. The van der Waals surface area contributed by atoms with Gasteiger partial charge in [-0.15, -0.1) is 0 Å². The van der Waals surface area contributed by atoms with Crippen molar-refractivity contribution in [1.29, 1.82) is 0 Å². The molecule has 1 aromatic rings. The Morgan fingerprint density at radius 1 is 1.53 bits per heavy atom. The van der Waals surface area contributed by atoms with Gasteiger partial charge in [0.25, 0.3) is 5.91 Å². The highest BCUT2D eigenvalue weighted by Gasteiger charge is 2.24. The SMILES string of the molecule is CN(C)C1CCN(c2cccc(C(N)=O)n2)C1. The van der Waals surface area contributed by atoms with Crippen LogP contribution in [0.5, 0.6) is 0 Å². The van der Waals surface area contributed by atoms with Gasteiger partial charge >= 0.3 is 0 Å². The number of carbonyl (C=O) groups is 1. The molecule has 0 bridgehead atoms. The van der Waals surface area contributed by atoms with Gasteiger partial charge in [0, 0.05) is 19.1 Å². The van der Waals surface area contributed by atoms with Crippen LogP contribution in [0.15, 0.2) is 18.2 Å². The van der Waals surface area contributed by atoms with Crippen LogP contribution in [0.4, 0.5) is 5.82 Å². The Labute approximate surface area is 101 Å². The minimum absolute atomic E-state index is 0.329. The van der Waals surface area contributed by atoms with Crippen LogP contribution >= 0.6 is 0 Å². The molecule has 1 fully saturated rings. The van der Waals surface area contributed by atoms with Crippen LogP contribution < -0.4 is 10.6 Å². The third-order valence-electron chi connectivity index (χ3n) is 3.20. The third-order valence-corrected chi connectivity index (χ3v) is 3.20. The summed E-state index contributed by atoms with van der Waals surface area (Å²) in [5.41, 5.74) is 5.56. The second kappa shape index (κ2) is 4.71. The fourth-order valence-corrected chi connectivity index (χ4v) is 2.11. The van der Waals surface area contributed by atoms with E-state index in [1.165, 1.54) is 0 Å². The molecule has 0 aliphatic carbocycles. The Morgan fingerprint density at radius 3 is 2.88 bits per heavy atom. The number of carbonyl (C=O) groups excluding carboxylic acids is 1. The predicted octanol–water partition coefficient (Wildman–Crippen LogP) is 0.321. The van der Waals surface area contributed by atoms with Gasteiger partial charge in [0.2, 0.25) is 0 Å². The summed E-state index contributed by atoms with van der Waals surface area (Å²) in [6.07, 6.45) is 1.12. The summed E-state index contributed by atoms with van der Waals surface area (Å²) in [4.78, 5) is 19.8. The van der Waals surface area contributed by atoms with Crippen molar-refractivity contribution in [3.05, 3.63) is 23.9 Å².